The molecule has 1 N–H and O–H groups in total. The number of benzene rings is 4. The van der Waals surface area contributed by atoms with E-state index in [0.29, 0.717) is 28.2 Å². The SMILES string of the molecule is COc1ccc(C(OC[C@H]2O[C@@H](n3cnc4c(NC(=O)c5ccccc5)ncnc43)[C@H](OC3CC3)[C@@H]2OP(OCCC#N)N(C(C)C)C(C)C)(c2ccccc2)c2ccc(OC)cc2)cc1. The summed E-state index contributed by atoms with van der Waals surface area (Å²) in [5, 5.41) is 12.5. The maximum atomic E-state index is 13.3. The summed E-state index contributed by atoms with van der Waals surface area (Å²) in [4.78, 5) is 27.2. The number of nitrogens with one attached hydrogen (secondary N) is 1. The van der Waals surface area contributed by atoms with Crippen molar-refractivity contribution in [3.63, 3.8) is 0 Å². The smallest absolute Gasteiger partial charge is 0.259 e. The first-order valence-electron chi connectivity index (χ1n) is 22.2. The summed E-state index contributed by atoms with van der Waals surface area (Å²) in [7, 11) is 1.51. The molecule has 8 rings (SSSR count). The zero-order chi connectivity index (χ0) is 46.2. The molecule has 1 amide bonds. The lowest BCUT2D eigenvalue weighted by atomic mass is 9.80. The number of hydrogen-bond acceptors (Lipinski definition) is 13. The van der Waals surface area contributed by atoms with Crippen molar-refractivity contribution in [2.75, 3.05) is 32.8 Å². The van der Waals surface area contributed by atoms with Gasteiger partial charge in [-0.05, 0) is 93.6 Å². The summed E-state index contributed by atoms with van der Waals surface area (Å²) in [6.07, 6.45) is 1.89. The second-order valence-corrected chi connectivity index (χ2v) is 18.1. The molecular weight excluding hydrogens is 858 g/mol. The van der Waals surface area contributed by atoms with Crippen LogP contribution < -0.4 is 14.8 Å². The van der Waals surface area contributed by atoms with Crippen LogP contribution in [0.2, 0.25) is 0 Å². The molecule has 16 heteroatoms. The fourth-order valence-corrected chi connectivity index (χ4v) is 10.1. The van der Waals surface area contributed by atoms with Gasteiger partial charge in [0.1, 0.15) is 41.7 Å². The van der Waals surface area contributed by atoms with Gasteiger partial charge in [-0.15, -0.1) is 0 Å². The van der Waals surface area contributed by atoms with Gasteiger partial charge in [0.15, 0.2) is 23.2 Å². The van der Waals surface area contributed by atoms with Crippen molar-refractivity contribution in [3.8, 4) is 17.6 Å². The number of nitriles is 1. The highest BCUT2D eigenvalue weighted by Gasteiger charge is 2.53. The van der Waals surface area contributed by atoms with E-state index in [0.717, 1.165) is 29.5 Å². The molecule has 1 unspecified atom stereocenters. The number of nitrogens with zero attached hydrogens (tertiary/aromatic N) is 6. The third kappa shape index (κ3) is 10.1. The zero-order valence-electron chi connectivity index (χ0n) is 38.0. The minimum absolute atomic E-state index is 0.0172. The van der Waals surface area contributed by atoms with Gasteiger partial charge < -0.3 is 38.0 Å². The maximum absolute atomic E-state index is 13.3. The average molecular weight is 914 g/mol. The highest BCUT2D eigenvalue weighted by Crippen LogP contribution is 2.52. The lowest BCUT2D eigenvalue weighted by Crippen LogP contribution is -2.43. The van der Waals surface area contributed by atoms with E-state index in [1.165, 1.54) is 6.33 Å². The molecule has 0 spiro atoms. The van der Waals surface area contributed by atoms with Gasteiger partial charge in [-0.1, -0.05) is 72.8 Å². The van der Waals surface area contributed by atoms with Gasteiger partial charge in [-0.2, -0.15) is 5.26 Å². The quantitative estimate of drug-likeness (QED) is 0.0413. The Balaban J connectivity index is 1.24. The molecule has 2 aromatic heterocycles. The van der Waals surface area contributed by atoms with E-state index >= 15 is 0 Å². The van der Waals surface area contributed by atoms with Gasteiger partial charge in [-0.3, -0.25) is 9.36 Å². The second-order valence-electron chi connectivity index (χ2n) is 16.7. The molecule has 3 heterocycles. The molecule has 1 saturated carbocycles. The van der Waals surface area contributed by atoms with E-state index in [1.807, 2.05) is 77.4 Å². The summed E-state index contributed by atoms with van der Waals surface area (Å²) in [6.45, 7) is 8.59. The number of amides is 1. The molecule has 0 radical (unpaired) electrons. The number of carbonyl (C=O) groups is 1. The molecule has 66 heavy (non-hydrogen) atoms. The topological polar surface area (TPSA) is 164 Å². The van der Waals surface area contributed by atoms with Crippen molar-refractivity contribution >= 4 is 31.4 Å². The van der Waals surface area contributed by atoms with Crippen molar-refractivity contribution in [1.82, 2.24) is 24.2 Å². The molecule has 344 valence electrons. The van der Waals surface area contributed by atoms with E-state index in [2.05, 4.69) is 65.9 Å². The number of fused-ring (bicyclic) bond motifs is 1. The van der Waals surface area contributed by atoms with Gasteiger partial charge in [0, 0.05) is 17.6 Å². The van der Waals surface area contributed by atoms with Gasteiger partial charge in [0.05, 0.1) is 52.4 Å². The number of imidazole rings is 1. The van der Waals surface area contributed by atoms with Crippen LogP contribution in [0, 0.1) is 11.3 Å². The number of carbonyl (C=O) groups excluding carboxylic acids is 1. The highest BCUT2D eigenvalue weighted by atomic mass is 31.2. The number of methoxy groups -OCH3 is 2. The minimum Gasteiger partial charge on any atom is -0.497 e. The van der Waals surface area contributed by atoms with Gasteiger partial charge in [0.2, 0.25) is 0 Å². The predicted molar refractivity (Wildman–Crippen MR) is 250 cm³/mol. The Hall–Kier alpha value is -5.82. The standard InChI is InChI=1S/C50H56N7O8P/c1-33(2)57(34(3)4)66(62-29-13-28-51)65-44-42(30-61-50(36-16-11-8-12-17-36,37-18-22-39(59-5)23-19-37)38-20-24-40(60-6)25-21-38)64-49(45(44)63-41-26-27-41)56-32-54-43-46(52-31-53-47(43)56)55-48(58)35-14-9-7-10-15-35/h7-12,14-25,31-34,41-42,44-45,49H,13,26-27,29-30H2,1-6H3,(H,52,53,55,58)/t42-,44-,45-,49-,66?/m1/s1. The first-order valence-corrected chi connectivity index (χ1v) is 23.4. The van der Waals surface area contributed by atoms with Crippen LogP contribution in [0.5, 0.6) is 11.5 Å². The Morgan fingerprint density at radius 1 is 0.848 bits per heavy atom. The highest BCUT2D eigenvalue weighted by molar-refractivity contribution is 7.44. The Labute approximate surface area is 386 Å². The molecule has 2 fully saturated rings. The molecule has 0 bridgehead atoms. The summed E-state index contributed by atoms with van der Waals surface area (Å²) >= 11 is 0. The summed E-state index contributed by atoms with van der Waals surface area (Å²) in [5.41, 5.74) is 2.70. The molecule has 1 aliphatic heterocycles. The molecule has 2 aliphatic rings. The molecule has 15 nitrogen and oxygen atoms in total. The second kappa shape index (κ2) is 21.2. The minimum atomic E-state index is -1.77. The molecule has 5 atom stereocenters. The lowest BCUT2D eigenvalue weighted by molar-refractivity contribution is -0.0963. The van der Waals surface area contributed by atoms with Crippen LogP contribution in [0.25, 0.3) is 11.2 Å². The summed E-state index contributed by atoms with van der Waals surface area (Å²) in [6, 6.07) is 37.0. The monoisotopic (exact) mass is 913 g/mol. The number of rotatable bonds is 21. The Kier molecular flexibility index (Phi) is 15.0. The van der Waals surface area contributed by atoms with Crippen LogP contribution in [0.15, 0.2) is 122 Å². The van der Waals surface area contributed by atoms with E-state index in [4.69, 9.17) is 37.7 Å². The van der Waals surface area contributed by atoms with E-state index in [-0.39, 0.29) is 49.5 Å². The average Bonchev–Trinajstić information content (AvgIpc) is 3.97. The van der Waals surface area contributed by atoms with Crippen molar-refractivity contribution < 1.29 is 37.5 Å². The van der Waals surface area contributed by atoms with E-state index < -0.39 is 38.7 Å². The molecule has 6 aromatic rings. The number of hydrogen-bond donors (Lipinski definition) is 1. The summed E-state index contributed by atoms with van der Waals surface area (Å²) in [5.74, 6) is 1.33. The van der Waals surface area contributed by atoms with Crippen LogP contribution in [-0.4, -0.2) is 94.0 Å². The Morgan fingerprint density at radius 3 is 2.03 bits per heavy atom. The zero-order valence-corrected chi connectivity index (χ0v) is 38.9. The molecule has 1 aliphatic carbocycles. The number of anilines is 1. The molecular formula is C50H56N7O8P. The Bertz CT molecular complexity index is 2500. The van der Waals surface area contributed by atoms with E-state index in [9.17, 15) is 10.1 Å². The van der Waals surface area contributed by atoms with Crippen LogP contribution in [0.1, 0.15) is 80.2 Å². The third-order valence-electron chi connectivity index (χ3n) is 11.6. The van der Waals surface area contributed by atoms with Crippen LogP contribution >= 0.6 is 8.53 Å². The largest absolute Gasteiger partial charge is 0.497 e. The lowest BCUT2D eigenvalue weighted by Gasteiger charge is -2.39. The normalized spacial score (nSPS) is 19.0. The molecule has 4 aromatic carbocycles. The first kappa shape index (κ1) is 46.7. The fraction of sp³-hybridized carbons (Fsp3) is 0.380. The maximum Gasteiger partial charge on any atom is 0.259 e. The van der Waals surface area contributed by atoms with E-state index in [1.54, 1.807) is 44.8 Å². The van der Waals surface area contributed by atoms with Crippen molar-refractivity contribution in [1.29, 1.82) is 5.26 Å². The van der Waals surface area contributed by atoms with Crippen molar-refractivity contribution in [2.45, 2.75) is 95.3 Å². The predicted octanol–water partition coefficient (Wildman–Crippen LogP) is 9.21. The number of aromatic nitrogens is 4. The van der Waals surface area contributed by atoms with Gasteiger partial charge >= 0.3 is 0 Å². The molecule has 1 saturated heterocycles. The first-order chi connectivity index (χ1) is 32.1. The third-order valence-corrected chi connectivity index (χ3v) is 13.7. The number of ether oxygens (including phenoxy) is 5. The van der Waals surface area contributed by atoms with Crippen molar-refractivity contribution in [3.05, 3.63) is 144 Å². The van der Waals surface area contributed by atoms with Gasteiger partial charge in [0.25, 0.3) is 14.4 Å². The van der Waals surface area contributed by atoms with Gasteiger partial charge in [-0.25, -0.2) is 19.6 Å². The van der Waals surface area contributed by atoms with Crippen LogP contribution in [0.4, 0.5) is 5.82 Å². The fourth-order valence-electron chi connectivity index (χ4n) is 8.34. The van der Waals surface area contributed by atoms with Crippen LogP contribution in [0.3, 0.4) is 0 Å². The Morgan fingerprint density at radius 2 is 1.45 bits per heavy atom. The van der Waals surface area contributed by atoms with Crippen LogP contribution in [-0.2, 0) is 28.9 Å². The summed E-state index contributed by atoms with van der Waals surface area (Å²) < 4.78 is 50.6. The van der Waals surface area contributed by atoms with Crippen molar-refractivity contribution in [2.24, 2.45) is 0 Å².